The van der Waals surface area contributed by atoms with Crippen LogP contribution in [0.3, 0.4) is 0 Å². The number of nitro benzene ring substituents is 1. The molecule has 0 spiro atoms. The Kier molecular flexibility index (Phi) is 5.71. The van der Waals surface area contributed by atoms with Crippen LogP contribution >= 0.6 is 0 Å². The second-order valence-electron chi connectivity index (χ2n) is 6.29. The number of hydrogen-bond donors (Lipinski definition) is 1. The smallest absolute Gasteiger partial charge is 0.272 e. The average molecular weight is 355 g/mol. The van der Waals surface area contributed by atoms with Crippen LogP contribution in [0.1, 0.15) is 27.0 Å². The zero-order valence-corrected chi connectivity index (χ0v) is 15.2. The molecule has 0 aliphatic rings. The van der Waals surface area contributed by atoms with Crippen molar-refractivity contribution in [3.8, 4) is 0 Å². The van der Waals surface area contributed by atoms with E-state index >= 15 is 0 Å². The number of carbonyl (C=O) groups excluding carboxylic acids is 2. The molecule has 0 unspecified atom stereocenters. The van der Waals surface area contributed by atoms with Crippen LogP contribution in [0.4, 0.5) is 11.4 Å². The van der Waals surface area contributed by atoms with Gasteiger partial charge >= 0.3 is 0 Å². The lowest BCUT2D eigenvalue weighted by Gasteiger charge is -2.18. The first kappa shape index (κ1) is 19.1. The van der Waals surface area contributed by atoms with Gasteiger partial charge in [-0.25, -0.2) is 0 Å². The summed E-state index contributed by atoms with van der Waals surface area (Å²) in [4.78, 5) is 36.3. The molecule has 136 valence electrons. The van der Waals surface area contributed by atoms with Gasteiger partial charge in [-0.2, -0.15) is 0 Å². The molecule has 7 nitrogen and oxygen atoms in total. The van der Waals surface area contributed by atoms with E-state index in [2.05, 4.69) is 5.32 Å². The Morgan fingerprint density at radius 2 is 1.77 bits per heavy atom. The maximum Gasteiger partial charge on any atom is 0.272 e. The van der Waals surface area contributed by atoms with Gasteiger partial charge < -0.3 is 10.2 Å². The van der Waals surface area contributed by atoms with Crippen molar-refractivity contribution in [2.75, 3.05) is 18.9 Å². The Morgan fingerprint density at radius 3 is 2.38 bits per heavy atom. The summed E-state index contributed by atoms with van der Waals surface area (Å²) in [5, 5.41) is 13.7. The highest BCUT2D eigenvalue weighted by Crippen LogP contribution is 2.20. The van der Waals surface area contributed by atoms with Crippen molar-refractivity contribution < 1.29 is 14.5 Å². The van der Waals surface area contributed by atoms with E-state index in [1.54, 1.807) is 6.92 Å². The first-order chi connectivity index (χ1) is 12.2. The third-order valence-electron chi connectivity index (χ3n) is 4.04. The molecule has 0 fully saturated rings. The molecule has 2 rings (SSSR count). The fraction of sp³-hybridized carbons (Fsp3) is 0.263. The topological polar surface area (TPSA) is 92.6 Å². The van der Waals surface area contributed by atoms with E-state index < -0.39 is 4.92 Å². The van der Waals surface area contributed by atoms with Crippen molar-refractivity contribution in [2.45, 2.75) is 20.8 Å². The van der Waals surface area contributed by atoms with E-state index in [4.69, 9.17) is 0 Å². The van der Waals surface area contributed by atoms with Crippen LogP contribution in [0.5, 0.6) is 0 Å². The van der Waals surface area contributed by atoms with E-state index in [1.807, 2.05) is 32.0 Å². The molecule has 2 amide bonds. The summed E-state index contributed by atoms with van der Waals surface area (Å²) in [5.41, 5.74) is 3.32. The number of hydrogen-bond acceptors (Lipinski definition) is 4. The number of amides is 2. The number of nitrogens with one attached hydrogen (secondary N) is 1. The molecule has 2 aromatic carbocycles. The first-order valence-corrected chi connectivity index (χ1v) is 8.06. The monoisotopic (exact) mass is 355 g/mol. The minimum absolute atomic E-state index is 0.0446. The van der Waals surface area contributed by atoms with Gasteiger partial charge in [-0.05, 0) is 50.1 Å². The van der Waals surface area contributed by atoms with Crippen molar-refractivity contribution in [3.05, 3.63) is 68.8 Å². The van der Waals surface area contributed by atoms with Crippen LogP contribution in [0.2, 0.25) is 0 Å². The quantitative estimate of drug-likeness (QED) is 0.658. The van der Waals surface area contributed by atoms with Gasteiger partial charge in [-0.3, -0.25) is 19.7 Å². The van der Waals surface area contributed by atoms with Crippen LogP contribution < -0.4 is 5.32 Å². The summed E-state index contributed by atoms with van der Waals surface area (Å²) < 4.78 is 0. The van der Waals surface area contributed by atoms with Crippen LogP contribution in [0.25, 0.3) is 0 Å². The Morgan fingerprint density at radius 1 is 1.08 bits per heavy atom. The van der Waals surface area contributed by atoms with Gasteiger partial charge in [-0.15, -0.1) is 0 Å². The molecular weight excluding hydrogens is 334 g/mol. The Bertz CT molecular complexity index is 877. The van der Waals surface area contributed by atoms with Crippen molar-refractivity contribution in [1.29, 1.82) is 0 Å². The van der Waals surface area contributed by atoms with Gasteiger partial charge in [0, 0.05) is 29.9 Å². The summed E-state index contributed by atoms with van der Waals surface area (Å²) in [7, 11) is 1.52. The van der Waals surface area contributed by atoms with Crippen molar-refractivity contribution in [3.63, 3.8) is 0 Å². The number of nitrogens with zero attached hydrogens (tertiary/aromatic N) is 2. The lowest BCUT2D eigenvalue weighted by atomic mass is 10.1. The van der Waals surface area contributed by atoms with Gasteiger partial charge in [0.2, 0.25) is 5.91 Å². The third-order valence-corrected chi connectivity index (χ3v) is 4.04. The molecule has 0 aliphatic carbocycles. The minimum Gasteiger partial charge on any atom is -0.332 e. The van der Waals surface area contributed by atoms with Crippen LogP contribution in [-0.4, -0.2) is 35.2 Å². The zero-order valence-electron chi connectivity index (χ0n) is 15.2. The molecule has 0 saturated heterocycles. The largest absolute Gasteiger partial charge is 0.332 e. The minimum atomic E-state index is -0.495. The van der Waals surface area contributed by atoms with E-state index in [9.17, 15) is 19.7 Å². The predicted octanol–water partition coefficient (Wildman–Crippen LogP) is 3.23. The van der Waals surface area contributed by atoms with Crippen molar-refractivity contribution in [2.24, 2.45) is 0 Å². The Labute approximate surface area is 151 Å². The molecule has 0 aromatic heterocycles. The summed E-state index contributed by atoms with van der Waals surface area (Å²) in [6.07, 6.45) is 0. The molecule has 0 heterocycles. The molecule has 26 heavy (non-hydrogen) atoms. The normalized spacial score (nSPS) is 10.3. The molecule has 0 atom stereocenters. The van der Waals surface area contributed by atoms with Crippen molar-refractivity contribution >= 4 is 23.2 Å². The average Bonchev–Trinajstić information content (AvgIpc) is 2.56. The number of nitro groups is 1. The third kappa shape index (κ3) is 4.44. The second kappa shape index (κ2) is 7.77. The lowest BCUT2D eigenvalue weighted by Crippen LogP contribution is -2.35. The van der Waals surface area contributed by atoms with E-state index in [0.717, 1.165) is 11.1 Å². The highest BCUT2D eigenvalue weighted by molar-refractivity contribution is 5.99. The summed E-state index contributed by atoms with van der Waals surface area (Å²) >= 11 is 0. The summed E-state index contributed by atoms with van der Waals surface area (Å²) in [6.45, 7) is 5.27. The molecule has 0 aliphatic heterocycles. The van der Waals surface area contributed by atoms with Gasteiger partial charge in [0.1, 0.15) is 0 Å². The lowest BCUT2D eigenvalue weighted by molar-refractivity contribution is -0.385. The first-order valence-electron chi connectivity index (χ1n) is 8.06. The van der Waals surface area contributed by atoms with Gasteiger partial charge in [0.05, 0.1) is 11.5 Å². The number of benzene rings is 2. The van der Waals surface area contributed by atoms with Crippen LogP contribution in [0.15, 0.2) is 36.4 Å². The Hall–Kier alpha value is -3.22. The highest BCUT2D eigenvalue weighted by atomic mass is 16.6. The SMILES string of the molecule is Cc1ccc(C)c(NC(=O)CN(C)C(=O)c2ccc([N+](=O)[O-])c(C)c2)c1. The van der Waals surface area contributed by atoms with Gasteiger partial charge in [0.15, 0.2) is 0 Å². The number of likely N-dealkylation sites (N-methyl/N-ethyl adjacent to an activating group) is 1. The van der Waals surface area contributed by atoms with Crippen LogP contribution in [0, 0.1) is 30.9 Å². The van der Waals surface area contributed by atoms with E-state index in [1.165, 1.54) is 30.1 Å². The fourth-order valence-electron chi connectivity index (χ4n) is 2.56. The standard InChI is InChI=1S/C19H21N3O4/c1-12-5-6-13(2)16(9-12)20-18(23)11-21(4)19(24)15-7-8-17(22(25)26)14(3)10-15/h5-10H,11H2,1-4H3,(H,20,23). The fourth-order valence-corrected chi connectivity index (χ4v) is 2.56. The maximum atomic E-state index is 12.5. The maximum absolute atomic E-state index is 12.5. The van der Waals surface area contributed by atoms with Crippen molar-refractivity contribution in [1.82, 2.24) is 4.90 Å². The molecule has 7 heteroatoms. The molecule has 2 aromatic rings. The predicted molar refractivity (Wildman–Crippen MR) is 99.3 cm³/mol. The highest BCUT2D eigenvalue weighted by Gasteiger charge is 2.18. The molecule has 1 N–H and O–H groups in total. The van der Waals surface area contributed by atoms with Gasteiger partial charge in [-0.1, -0.05) is 12.1 Å². The Balaban J connectivity index is 2.06. The summed E-state index contributed by atoms with van der Waals surface area (Å²) in [5.74, 6) is -0.688. The molecule has 0 saturated carbocycles. The van der Waals surface area contributed by atoms with E-state index in [0.29, 0.717) is 16.8 Å². The molecular formula is C19H21N3O4. The zero-order chi connectivity index (χ0) is 19.4. The number of rotatable bonds is 5. The number of aryl methyl sites for hydroxylation is 3. The number of carbonyl (C=O) groups is 2. The van der Waals surface area contributed by atoms with Gasteiger partial charge in [0.25, 0.3) is 11.6 Å². The molecule has 0 bridgehead atoms. The van der Waals surface area contributed by atoms with E-state index in [-0.39, 0.29) is 24.0 Å². The second-order valence-corrected chi connectivity index (χ2v) is 6.29. The van der Waals surface area contributed by atoms with Crippen LogP contribution in [-0.2, 0) is 4.79 Å². The molecule has 0 radical (unpaired) electrons. The summed E-state index contributed by atoms with van der Waals surface area (Å²) in [6, 6.07) is 9.89. The number of anilines is 1.